The zero-order valence-electron chi connectivity index (χ0n) is 15.1. The van der Waals surface area contributed by atoms with E-state index in [9.17, 15) is 9.59 Å². The summed E-state index contributed by atoms with van der Waals surface area (Å²) >= 11 is 5.33. The van der Waals surface area contributed by atoms with E-state index in [2.05, 4.69) is 10.4 Å². The van der Waals surface area contributed by atoms with Gasteiger partial charge in [0.05, 0.1) is 17.9 Å². The van der Waals surface area contributed by atoms with Crippen LogP contribution in [0.4, 0.5) is 0 Å². The van der Waals surface area contributed by atoms with Gasteiger partial charge in [0.2, 0.25) is 0 Å². The molecule has 2 aromatic rings. The fourth-order valence-electron chi connectivity index (χ4n) is 3.49. The van der Waals surface area contributed by atoms with Crippen LogP contribution in [0.15, 0.2) is 41.7 Å². The summed E-state index contributed by atoms with van der Waals surface area (Å²) < 4.78 is 6.87. The van der Waals surface area contributed by atoms with Gasteiger partial charge in [-0.15, -0.1) is 0 Å². The standard InChI is InChI=1S/C19H18N4O3S/c1-4-26-18(25)14-11(3)20-19(27)23-16(14)13-9-22(21-15(13)17(23)24)12-7-5-6-10(2)8-12/h5-9,16H,4H2,1-3H3,(H,20,27). The lowest BCUT2D eigenvalue weighted by Crippen LogP contribution is -2.48. The average molecular weight is 382 g/mol. The average Bonchev–Trinajstić information content (AvgIpc) is 3.15. The van der Waals surface area contributed by atoms with Gasteiger partial charge in [-0.05, 0) is 50.7 Å². The van der Waals surface area contributed by atoms with Gasteiger partial charge in [0.25, 0.3) is 5.91 Å². The van der Waals surface area contributed by atoms with Crippen molar-refractivity contribution in [2.24, 2.45) is 0 Å². The van der Waals surface area contributed by atoms with Crippen molar-refractivity contribution in [3.63, 3.8) is 0 Å². The highest BCUT2D eigenvalue weighted by molar-refractivity contribution is 7.80. The second-order valence-electron chi connectivity index (χ2n) is 6.48. The number of amides is 1. The highest BCUT2D eigenvalue weighted by Gasteiger charge is 2.49. The number of esters is 1. The van der Waals surface area contributed by atoms with Crippen LogP contribution in [0.3, 0.4) is 0 Å². The number of thiocarbonyl (C=S) groups is 1. The summed E-state index contributed by atoms with van der Waals surface area (Å²) in [4.78, 5) is 26.9. The summed E-state index contributed by atoms with van der Waals surface area (Å²) in [6, 6.07) is 7.19. The molecule has 0 saturated carbocycles. The minimum Gasteiger partial charge on any atom is -0.463 e. The summed E-state index contributed by atoms with van der Waals surface area (Å²) in [7, 11) is 0. The molecule has 0 saturated heterocycles. The molecule has 4 rings (SSSR count). The molecule has 8 heteroatoms. The summed E-state index contributed by atoms with van der Waals surface area (Å²) in [5.41, 5.74) is 3.83. The Morgan fingerprint density at radius 2 is 2.15 bits per heavy atom. The van der Waals surface area contributed by atoms with E-state index in [4.69, 9.17) is 17.0 Å². The van der Waals surface area contributed by atoms with Crippen molar-refractivity contribution < 1.29 is 14.3 Å². The van der Waals surface area contributed by atoms with Crippen molar-refractivity contribution in [1.29, 1.82) is 0 Å². The minimum absolute atomic E-state index is 0.246. The molecule has 1 aromatic heterocycles. The zero-order valence-corrected chi connectivity index (χ0v) is 16.0. The van der Waals surface area contributed by atoms with Crippen molar-refractivity contribution >= 4 is 29.2 Å². The van der Waals surface area contributed by atoms with E-state index >= 15 is 0 Å². The Morgan fingerprint density at radius 3 is 2.85 bits per heavy atom. The van der Waals surface area contributed by atoms with E-state index in [1.165, 1.54) is 4.90 Å². The molecular weight excluding hydrogens is 364 g/mol. The summed E-state index contributed by atoms with van der Waals surface area (Å²) in [5.74, 6) is -0.794. The molecule has 138 valence electrons. The van der Waals surface area contributed by atoms with E-state index < -0.39 is 12.0 Å². The molecule has 0 spiro atoms. The van der Waals surface area contributed by atoms with Crippen LogP contribution in [-0.4, -0.2) is 38.3 Å². The molecule has 1 N–H and O–H groups in total. The number of aryl methyl sites for hydroxylation is 1. The molecule has 0 bridgehead atoms. The fourth-order valence-corrected chi connectivity index (χ4v) is 3.83. The summed E-state index contributed by atoms with van der Waals surface area (Å²) in [6.07, 6.45) is 1.78. The molecule has 3 heterocycles. The third kappa shape index (κ3) is 2.64. The lowest BCUT2D eigenvalue weighted by molar-refractivity contribution is -0.139. The van der Waals surface area contributed by atoms with Gasteiger partial charge in [0, 0.05) is 17.5 Å². The SMILES string of the molecule is CCOC(=O)C1=C(C)NC(=S)N2C(=O)c3nn(-c4cccc(C)c4)cc3C12. The molecule has 1 unspecified atom stereocenters. The van der Waals surface area contributed by atoms with E-state index in [0.29, 0.717) is 22.5 Å². The van der Waals surface area contributed by atoms with Gasteiger partial charge in [0.1, 0.15) is 6.04 Å². The second-order valence-corrected chi connectivity index (χ2v) is 6.87. The first-order chi connectivity index (χ1) is 12.9. The molecule has 1 atom stereocenters. The molecule has 0 fully saturated rings. The Morgan fingerprint density at radius 1 is 1.37 bits per heavy atom. The number of fused-ring (bicyclic) bond motifs is 3. The summed E-state index contributed by atoms with van der Waals surface area (Å²) in [6.45, 7) is 5.73. The number of aromatic nitrogens is 2. The molecule has 0 radical (unpaired) electrons. The van der Waals surface area contributed by atoms with Crippen molar-refractivity contribution in [3.8, 4) is 5.69 Å². The predicted octanol–water partition coefficient (Wildman–Crippen LogP) is 2.40. The van der Waals surface area contributed by atoms with Crippen LogP contribution in [-0.2, 0) is 9.53 Å². The van der Waals surface area contributed by atoms with Crippen LogP contribution in [0.1, 0.15) is 41.5 Å². The van der Waals surface area contributed by atoms with Gasteiger partial charge >= 0.3 is 5.97 Å². The monoisotopic (exact) mass is 382 g/mol. The largest absolute Gasteiger partial charge is 0.463 e. The maximum atomic E-state index is 12.9. The van der Waals surface area contributed by atoms with Crippen molar-refractivity contribution in [2.45, 2.75) is 26.8 Å². The Bertz CT molecular complexity index is 1020. The Kier molecular flexibility index (Phi) is 4.07. The molecule has 27 heavy (non-hydrogen) atoms. The van der Waals surface area contributed by atoms with E-state index in [-0.39, 0.29) is 17.6 Å². The number of carbonyl (C=O) groups is 2. The molecule has 0 aliphatic carbocycles. The van der Waals surface area contributed by atoms with Crippen molar-refractivity contribution in [2.75, 3.05) is 6.61 Å². The molecule has 7 nitrogen and oxygen atoms in total. The Labute approximate surface area is 161 Å². The topological polar surface area (TPSA) is 76.5 Å². The Balaban J connectivity index is 1.85. The number of rotatable bonds is 3. The first kappa shape index (κ1) is 17.4. The highest BCUT2D eigenvalue weighted by atomic mass is 32.1. The van der Waals surface area contributed by atoms with E-state index in [1.807, 2.05) is 31.2 Å². The third-order valence-corrected chi connectivity index (χ3v) is 4.97. The van der Waals surface area contributed by atoms with Crippen molar-refractivity contribution in [1.82, 2.24) is 20.0 Å². The lowest BCUT2D eigenvalue weighted by Gasteiger charge is -2.33. The van der Waals surface area contributed by atoms with Crippen LogP contribution in [0.2, 0.25) is 0 Å². The minimum atomic E-state index is -0.626. The van der Waals surface area contributed by atoms with Gasteiger partial charge in [-0.25, -0.2) is 9.48 Å². The molecule has 1 amide bonds. The number of carbonyl (C=O) groups excluding carboxylic acids is 2. The summed E-state index contributed by atoms with van der Waals surface area (Å²) in [5, 5.41) is 7.66. The zero-order chi connectivity index (χ0) is 19.3. The van der Waals surface area contributed by atoms with E-state index in [1.54, 1.807) is 24.7 Å². The molecule has 1 aromatic carbocycles. The van der Waals surface area contributed by atoms with Crippen molar-refractivity contribution in [3.05, 3.63) is 58.6 Å². The number of hydrogen-bond donors (Lipinski definition) is 1. The van der Waals surface area contributed by atoms with E-state index in [0.717, 1.165) is 11.3 Å². The fraction of sp³-hybridized carbons (Fsp3) is 0.263. The normalized spacial score (nSPS) is 18.3. The quantitative estimate of drug-likeness (QED) is 0.649. The maximum absolute atomic E-state index is 12.9. The smallest absolute Gasteiger partial charge is 0.338 e. The Hall–Kier alpha value is -3.00. The van der Waals surface area contributed by atoms with Crippen LogP contribution in [0.5, 0.6) is 0 Å². The van der Waals surface area contributed by atoms with Gasteiger partial charge < -0.3 is 10.1 Å². The number of allylic oxidation sites excluding steroid dienone is 1. The van der Waals surface area contributed by atoms with Crippen LogP contribution < -0.4 is 5.32 Å². The molecule has 2 aliphatic rings. The number of ether oxygens (including phenoxy) is 1. The highest BCUT2D eigenvalue weighted by Crippen LogP contribution is 2.42. The number of benzene rings is 1. The maximum Gasteiger partial charge on any atom is 0.338 e. The predicted molar refractivity (Wildman–Crippen MR) is 102 cm³/mol. The first-order valence-corrected chi connectivity index (χ1v) is 9.02. The lowest BCUT2D eigenvalue weighted by atomic mass is 9.98. The third-order valence-electron chi connectivity index (χ3n) is 4.67. The number of nitrogens with zero attached hydrogens (tertiary/aromatic N) is 3. The number of hydrogen-bond acceptors (Lipinski definition) is 5. The van der Waals surface area contributed by atoms with Gasteiger partial charge in [0.15, 0.2) is 10.8 Å². The first-order valence-electron chi connectivity index (χ1n) is 8.61. The second kappa shape index (κ2) is 6.31. The van der Waals surface area contributed by atoms with Gasteiger partial charge in [-0.2, -0.15) is 5.10 Å². The van der Waals surface area contributed by atoms with Crippen LogP contribution in [0.25, 0.3) is 5.69 Å². The van der Waals surface area contributed by atoms with Crippen LogP contribution >= 0.6 is 12.2 Å². The molecular formula is C19H18N4O3S. The van der Waals surface area contributed by atoms with Gasteiger partial charge in [-0.1, -0.05) is 12.1 Å². The molecule has 2 aliphatic heterocycles. The van der Waals surface area contributed by atoms with Crippen LogP contribution in [0, 0.1) is 6.92 Å². The number of nitrogens with one attached hydrogen (secondary N) is 1. The van der Waals surface area contributed by atoms with Gasteiger partial charge in [-0.3, -0.25) is 9.69 Å².